The largest absolute Gasteiger partial charge is 0.467 e. The van der Waals surface area contributed by atoms with Crippen LogP contribution in [-0.4, -0.2) is 86.4 Å². The summed E-state index contributed by atoms with van der Waals surface area (Å²) in [5.41, 5.74) is -1.74. The van der Waals surface area contributed by atoms with E-state index in [1.807, 2.05) is 13.0 Å². The van der Waals surface area contributed by atoms with Crippen LogP contribution in [0.2, 0.25) is 20.1 Å². The Morgan fingerprint density at radius 2 is 0.986 bits per heavy atom. The van der Waals surface area contributed by atoms with Gasteiger partial charge in [-0.3, -0.25) is 14.6 Å². The van der Waals surface area contributed by atoms with Gasteiger partial charge in [0.2, 0.25) is 11.2 Å². The van der Waals surface area contributed by atoms with E-state index in [4.69, 9.17) is 51.1 Å². The highest BCUT2D eigenvalue weighted by Crippen LogP contribution is 2.37. The molecule has 0 unspecified atom stereocenters. The highest BCUT2D eigenvalue weighted by Gasteiger charge is 2.57. The fraction of sp³-hybridized carbons (Fsp3) is 0.319. The molecule has 2 heterocycles. The molecule has 1 N–H and O–H groups in total. The summed E-state index contributed by atoms with van der Waals surface area (Å²) in [7, 11) is 3.11. The predicted molar refractivity (Wildman–Crippen MR) is 250 cm³/mol. The van der Waals surface area contributed by atoms with Crippen LogP contribution in [0.5, 0.6) is 6.01 Å². The monoisotopic (exact) mass is 1040 g/mol. The molecule has 0 saturated heterocycles. The number of ketones is 2. The molecule has 0 radical (unpaired) electrons. The van der Waals surface area contributed by atoms with Crippen molar-refractivity contribution in [2.45, 2.75) is 76.9 Å². The van der Waals surface area contributed by atoms with Crippen molar-refractivity contribution in [3.63, 3.8) is 0 Å². The molecule has 2 aromatic heterocycles. The summed E-state index contributed by atoms with van der Waals surface area (Å²) < 4.78 is 94.0. The molecule has 0 spiro atoms. The molecule has 0 amide bonds. The molecule has 0 aliphatic heterocycles. The van der Waals surface area contributed by atoms with Crippen molar-refractivity contribution in [1.29, 1.82) is 0 Å². The number of aromatic nitrogens is 6. The van der Waals surface area contributed by atoms with Gasteiger partial charge in [0.25, 0.3) is 0 Å². The highest BCUT2D eigenvalue weighted by atomic mass is 35.5. The summed E-state index contributed by atoms with van der Waals surface area (Å²) in [4.78, 5) is 60.7. The Kier molecular flexibility index (Phi) is 17.4. The Balaban J connectivity index is 0.000000258. The molecule has 12 nitrogen and oxygen atoms in total. The minimum atomic E-state index is -4.85. The van der Waals surface area contributed by atoms with E-state index < -0.39 is 47.2 Å². The minimum Gasteiger partial charge on any atom is -0.467 e. The number of halogens is 10. The van der Waals surface area contributed by atoms with Gasteiger partial charge >= 0.3 is 24.1 Å². The number of ether oxygens (including phenoxy) is 3. The summed E-state index contributed by atoms with van der Waals surface area (Å²) in [6.07, 6.45) is -10.5. The smallest absolute Gasteiger partial charge is 0.424 e. The Bertz CT molecular complexity index is 2940. The lowest BCUT2D eigenvalue weighted by Crippen LogP contribution is -2.51. The van der Waals surface area contributed by atoms with Gasteiger partial charge in [-0.25, -0.2) is 14.8 Å². The number of hydrogen-bond acceptors (Lipinski definition) is 11. The van der Waals surface area contributed by atoms with E-state index in [9.17, 15) is 40.7 Å². The van der Waals surface area contributed by atoms with Gasteiger partial charge < -0.3 is 14.2 Å². The second-order valence-electron chi connectivity index (χ2n) is 15.7. The van der Waals surface area contributed by atoms with Crippen LogP contribution in [-0.2, 0) is 31.9 Å². The van der Waals surface area contributed by atoms with Crippen LogP contribution in [0.15, 0.2) is 77.6 Å². The van der Waals surface area contributed by atoms with Crippen molar-refractivity contribution in [1.82, 2.24) is 29.9 Å². The first kappa shape index (κ1) is 54.4. The van der Waals surface area contributed by atoms with E-state index in [1.54, 1.807) is 67.6 Å². The van der Waals surface area contributed by atoms with Crippen molar-refractivity contribution in [2.24, 2.45) is 0 Å². The maximum Gasteiger partial charge on any atom is 0.424 e. The van der Waals surface area contributed by atoms with Crippen molar-refractivity contribution in [3.8, 4) is 51.6 Å². The summed E-state index contributed by atoms with van der Waals surface area (Å²) in [5, 5.41) is 1.70. The van der Waals surface area contributed by atoms with E-state index in [0.717, 1.165) is 32.3 Å². The average Bonchev–Trinajstić information content (AvgIpc) is 3.30. The SMILES string of the molecule is CO[C@](C)(C(=O)CCc1ccc(Cl)c(-c2nc(-c3ccc(Cl)c(C)c3)nc(=O)[nH]2)c1)C(F)(F)F.COc1nc(-c2ccc(Cl)c(C)c2)nc(-c2cc(CCC(=O)[C@@](C)(OC)C(F)(F)F)ccc2Cl)n1. The van der Waals surface area contributed by atoms with Gasteiger partial charge in [-0.15, -0.1) is 0 Å². The number of aryl methyl sites for hydroxylation is 4. The number of nitrogens with one attached hydrogen (secondary N) is 1. The Hall–Kier alpha value is -5.50. The fourth-order valence-electron chi connectivity index (χ4n) is 6.48. The number of alkyl halides is 6. The van der Waals surface area contributed by atoms with Gasteiger partial charge in [-0.1, -0.05) is 58.5 Å². The Morgan fingerprint density at radius 3 is 1.42 bits per heavy atom. The summed E-state index contributed by atoms with van der Waals surface area (Å²) >= 11 is 24.9. The molecule has 0 fully saturated rings. The standard InChI is InChI=1S/C24H22Cl2F3N3O3.C23H20Cl2F3N3O3/c1-13-11-15(7-9-17(13)25)20-30-21(32-22(31-20)34-3)16-12-14(5-8-18(16)26)6-10-19(33)23(2,35-4)24(27,28)29;1-12-10-14(6-8-16(12)24)19-29-20(31-21(33)30-19)15-11-13(4-7-17(15)25)5-9-18(32)22(2,34-3)23(26,27)28/h5,7-9,11-12H,6,10H2,1-4H3;4,6-8,10-11H,5,9H2,1-3H3,(H,29,30,31,33)/t23-;22-/m11/s1. The van der Waals surface area contributed by atoms with E-state index in [2.05, 4.69) is 39.4 Å². The van der Waals surface area contributed by atoms with E-state index in [1.165, 1.54) is 13.2 Å². The molecule has 6 rings (SSSR count). The van der Waals surface area contributed by atoms with Crippen molar-refractivity contribution < 1.29 is 50.1 Å². The molecular formula is C47H42Cl4F6N6O6. The van der Waals surface area contributed by atoms with Crippen molar-refractivity contribution in [3.05, 3.63) is 126 Å². The van der Waals surface area contributed by atoms with E-state index in [-0.39, 0.29) is 47.8 Å². The van der Waals surface area contributed by atoms with Gasteiger partial charge in [0, 0.05) is 59.4 Å². The van der Waals surface area contributed by atoms with Crippen LogP contribution in [0.1, 0.15) is 48.9 Å². The Morgan fingerprint density at radius 1 is 0.565 bits per heavy atom. The van der Waals surface area contributed by atoms with Crippen LogP contribution >= 0.6 is 46.4 Å². The number of nitrogens with zero attached hydrogens (tertiary/aromatic N) is 5. The van der Waals surface area contributed by atoms with Crippen LogP contribution in [0.3, 0.4) is 0 Å². The number of H-pyrrole nitrogens is 1. The van der Waals surface area contributed by atoms with Crippen LogP contribution in [0.25, 0.3) is 45.6 Å². The molecule has 366 valence electrons. The topological polar surface area (TPSA) is 159 Å². The number of rotatable bonds is 15. The molecule has 69 heavy (non-hydrogen) atoms. The third-order valence-corrected chi connectivity index (χ3v) is 12.6. The number of carbonyl (C=O) groups is 2. The lowest BCUT2D eigenvalue weighted by Gasteiger charge is -2.29. The molecule has 6 aromatic rings. The highest BCUT2D eigenvalue weighted by molar-refractivity contribution is 6.33. The second-order valence-corrected chi connectivity index (χ2v) is 17.3. The van der Waals surface area contributed by atoms with Gasteiger partial charge in [0.15, 0.2) is 29.0 Å². The number of benzene rings is 4. The van der Waals surface area contributed by atoms with Crippen LogP contribution < -0.4 is 10.4 Å². The molecule has 0 aliphatic carbocycles. The summed E-state index contributed by atoms with van der Waals surface area (Å²) in [5.74, 6) is -1.38. The summed E-state index contributed by atoms with van der Waals surface area (Å²) in [6.45, 7) is 5.07. The molecule has 4 aromatic carbocycles. The first-order valence-electron chi connectivity index (χ1n) is 20.4. The van der Waals surface area contributed by atoms with E-state index >= 15 is 0 Å². The van der Waals surface area contributed by atoms with Crippen molar-refractivity contribution >= 4 is 58.0 Å². The molecule has 0 saturated carbocycles. The van der Waals surface area contributed by atoms with Crippen LogP contribution in [0, 0.1) is 13.8 Å². The molecule has 0 bridgehead atoms. The number of hydrogen-bond donors (Lipinski definition) is 1. The zero-order valence-electron chi connectivity index (χ0n) is 37.7. The predicted octanol–water partition coefficient (Wildman–Crippen LogP) is 11.9. The third kappa shape index (κ3) is 12.6. The maximum atomic E-state index is 13.3. The molecule has 22 heteroatoms. The van der Waals surface area contributed by atoms with Gasteiger partial charge in [0.1, 0.15) is 5.82 Å². The first-order valence-corrected chi connectivity index (χ1v) is 22.0. The normalized spacial score (nSPS) is 13.5. The average molecular weight is 1040 g/mol. The van der Waals surface area contributed by atoms with Gasteiger partial charge in [-0.05, 0) is 123 Å². The fourth-order valence-corrected chi connectivity index (χ4v) is 7.13. The van der Waals surface area contributed by atoms with Gasteiger partial charge in [-0.2, -0.15) is 41.3 Å². The molecular weight excluding hydrogens is 1000 g/mol. The quantitative estimate of drug-likeness (QED) is 0.0975. The molecule has 0 aliphatic rings. The zero-order chi connectivity index (χ0) is 51.2. The number of aromatic amines is 1. The summed E-state index contributed by atoms with van der Waals surface area (Å²) in [6, 6.07) is 19.9. The lowest BCUT2D eigenvalue weighted by molar-refractivity contribution is -0.253. The van der Waals surface area contributed by atoms with Gasteiger partial charge in [0.05, 0.1) is 17.2 Å². The number of carbonyl (C=O) groups excluding carboxylic acids is 2. The second kappa shape index (κ2) is 22.1. The number of methoxy groups -OCH3 is 3. The third-order valence-electron chi connectivity index (χ3n) is 11.1. The Labute approximate surface area is 411 Å². The lowest BCUT2D eigenvalue weighted by atomic mass is 9.94. The minimum absolute atomic E-state index is 0.00339. The number of Topliss-reactive ketones (excluding diaryl/α,β-unsaturated/α-hetero) is 2. The van der Waals surface area contributed by atoms with Crippen molar-refractivity contribution in [2.75, 3.05) is 21.3 Å². The van der Waals surface area contributed by atoms with E-state index in [0.29, 0.717) is 61.2 Å². The first-order chi connectivity index (χ1) is 32.2. The maximum absolute atomic E-state index is 13.3. The molecule has 2 atom stereocenters. The zero-order valence-corrected chi connectivity index (χ0v) is 40.7. The van der Waals surface area contributed by atoms with Crippen LogP contribution in [0.4, 0.5) is 26.3 Å².